The Morgan fingerprint density at radius 2 is 0.811 bits per heavy atom. The van der Waals surface area contributed by atoms with Gasteiger partial charge in [0.25, 0.3) is 0 Å². The molecule has 0 rings (SSSR count). The summed E-state index contributed by atoms with van der Waals surface area (Å²) >= 11 is 0. The highest BCUT2D eigenvalue weighted by Crippen LogP contribution is 2.19. The van der Waals surface area contributed by atoms with Crippen LogP contribution in [0.5, 0.6) is 0 Å². The van der Waals surface area contributed by atoms with Gasteiger partial charge in [0.2, 0.25) is 5.91 Å². The van der Waals surface area contributed by atoms with E-state index >= 15 is 0 Å². The summed E-state index contributed by atoms with van der Waals surface area (Å²) in [6.07, 6.45) is 44.3. The third-order valence-electron chi connectivity index (χ3n) is 10.9. The predicted octanol–water partition coefficient (Wildman–Crippen LogP) is 13.3. The smallest absolute Gasteiger partial charge is 0.326 e. The number of carboxylic acid groups (broad SMARTS) is 1. The van der Waals surface area contributed by atoms with E-state index in [1.165, 1.54) is 154 Å². The van der Waals surface area contributed by atoms with Gasteiger partial charge in [0.05, 0.1) is 0 Å². The van der Waals surface area contributed by atoms with Crippen molar-refractivity contribution < 1.29 is 24.2 Å². The number of nitrogens with two attached hydrogens (primary N) is 1. The summed E-state index contributed by atoms with van der Waals surface area (Å²) in [6, 6.07) is -0.852. The van der Waals surface area contributed by atoms with Crippen LogP contribution in [0.15, 0.2) is 0 Å². The quantitative estimate of drug-likeness (QED) is 0.0422. The largest absolute Gasteiger partial charge is 0.480 e. The molecule has 0 aliphatic rings. The topological polar surface area (TPSA) is 119 Å². The fourth-order valence-electron chi connectivity index (χ4n) is 7.39. The van der Waals surface area contributed by atoms with Crippen LogP contribution in [-0.2, 0) is 19.1 Å². The van der Waals surface area contributed by atoms with Crippen LogP contribution in [0.2, 0.25) is 0 Å². The summed E-state index contributed by atoms with van der Waals surface area (Å²) in [7, 11) is 0. The van der Waals surface area contributed by atoms with Crippen LogP contribution in [0, 0.1) is 0 Å². The molecule has 7 nitrogen and oxygen atoms in total. The van der Waals surface area contributed by atoms with Gasteiger partial charge in [-0.15, -0.1) is 0 Å². The molecule has 0 fully saturated rings. The van der Waals surface area contributed by atoms with Gasteiger partial charge in [-0.25, -0.2) is 4.79 Å². The molecular weight excluding hydrogens is 661 g/mol. The second-order valence-corrected chi connectivity index (χ2v) is 16.2. The molecule has 0 saturated heterocycles. The van der Waals surface area contributed by atoms with Crippen molar-refractivity contribution in [1.82, 2.24) is 5.32 Å². The number of rotatable bonds is 43. The van der Waals surface area contributed by atoms with E-state index in [1.807, 2.05) is 0 Å². The summed E-state index contributed by atoms with van der Waals surface area (Å²) in [5.41, 5.74) is 5.49. The number of amides is 1. The van der Waals surface area contributed by atoms with Crippen molar-refractivity contribution in [2.45, 2.75) is 270 Å². The minimum absolute atomic E-state index is 0.0134. The number of carbonyl (C=O) groups excluding carboxylic acids is 2. The summed E-state index contributed by atoms with van der Waals surface area (Å²) in [4.78, 5) is 36.4. The number of carbonyl (C=O) groups is 3. The van der Waals surface area contributed by atoms with Gasteiger partial charge in [-0.2, -0.15) is 0 Å². The van der Waals surface area contributed by atoms with Crippen LogP contribution in [0.1, 0.15) is 258 Å². The molecule has 53 heavy (non-hydrogen) atoms. The molecule has 2 unspecified atom stereocenters. The minimum atomic E-state index is -1.000. The number of aliphatic carboxylic acids is 1. The third kappa shape index (κ3) is 38.4. The lowest BCUT2D eigenvalue weighted by molar-refractivity contribution is -0.150. The van der Waals surface area contributed by atoms with Gasteiger partial charge in [0, 0.05) is 12.8 Å². The van der Waals surface area contributed by atoms with Crippen LogP contribution in [0.25, 0.3) is 0 Å². The zero-order chi connectivity index (χ0) is 38.9. The zero-order valence-corrected chi connectivity index (χ0v) is 35.4. The molecule has 0 radical (unpaired) electrons. The second kappa shape index (κ2) is 41.5. The number of hydrogen-bond acceptors (Lipinski definition) is 5. The lowest BCUT2D eigenvalue weighted by atomic mass is 10.0. The Bertz CT molecular complexity index is 807. The summed E-state index contributed by atoms with van der Waals surface area (Å²) in [6.45, 7) is 4.97. The molecule has 2 atom stereocenters. The molecule has 7 heteroatoms. The van der Waals surface area contributed by atoms with Crippen molar-refractivity contribution in [3.8, 4) is 0 Å². The maximum Gasteiger partial charge on any atom is 0.326 e. The van der Waals surface area contributed by atoms with E-state index in [0.29, 0.717) is 32.2 Å². The van der Waals surface area contributed by atoms with Crippen LogP contribution in [0.4, 0.5) is 0 Å². The van der Waals surface area contributed by atoms with E-state index in [4.69, 9.17) is 10.5 Å². The lowest BCUT2D eigenvalue weighted by Crippen LogP contribution is -2.40. The van der Waals surface area contributed by atoms with Crippen LogP contribution >= 0.6 is 0 Å². The third-order valence-corrected chi connectivity index (χ3v) is 10.9. The fraction of sp³-hybridized carbons (Fsp3) is 0.935. The van der Waals surface area contributed by atoms with Gasteiger partial charge in [0.1, 0.15) is 12.1 Å². The molecule has 1 amide bonds. The van der Waals surface area contributed by atoms with Gasteiger partial charge in [-0.1, -0.05) is 194 Å². The van der Waals surface area contributed by atoms with E-state index in [-0.39, 0.29) is 18.0 Å². The Hall–Kier alpha value is -1.63. The molecule has 0 aliphatic carbocycles. The molecule has 0 bridgehead atoms. The molecule has 0 aromatic carbocycles. The van der Waals surface area contributed by atoms with Crippen LogP contribution in [0.3, 0.4) is 0 Å². The molecule has 4 N–H and O–H groups in total. The summed E-state index contributed by atoms with van der Waals surface area (Å²) in [5.74, 6) is -1.21. The van der Waals surface area contributed by atoms with Crippen molar-refractivity contribution in [2.24, 2.45) is 5.73 Å². The molecule has 0 saturated carbocycles. The van der Waals surface area contributed by atoms with Crippen LogP contribution < -0.4 is 11.1 Å². The monoisotopic (exact) mass is 751 g/mol. The number of carboxylic acids is 1. The van der Waals surface area contributed by atoms with E-state index in [9.17, 15) is 19.5 Å². The molecule has 314 valence electrons. The first kappa shape index (κ1) is 51.4. The van der Waals surface area contributed by atoms with Crippen molar-refractivity contribution in [2.75, 3.05) is 6.54 Å². The minimum Gasteiger partial charge on any atom is -0.480 e. The normalized spacial score (nSPS) is 12.5. The Labute approximate surface area is 328 Å². The van der Waals surface area contributed by atoms with E-state index in [2.05, 4.69) is 19.2 Å². The molecule has 0 aromatic rings. The highest BCUT2D eigenvalue weighted by molar-refractivity contribution is 5.83. The molecular formula is C46H90N2O5. The van der Waals surface area contributed by atoms with Gasteiger partial charge in [-0.3, -0.25) is 9.59 Å². The number of unbranched alkanes of at least 4 members (excludes halogenated alkanes) is 29. The molecule has 0 heterocycles. The van der Waals surface area contributed by atoms with E-state index < -0.39 is 12.0 Å². The summed E-state index contributed by atoms with van der Waals surface area (Å²) in [5, 5.41) is 12.0. The average molecular weight is 751 g/mol. The number of nitrogens with one attached hydrogen (secondary N) is 1. The Morgan fingerprint density at radius 1 is 0.472 bits per heavy atom. The molecule has 0 spiro atoms. The Morgan fingerprint density at radius 3 is 1.17 bits per heavy atom. The highest BCUT2D eigenvalue weighted by atomic mass is 16.5. The van der Waals surface area contributed by atoms with Crippen molar-refractivity contribution >= 4 is 17.8 Å². The number of ether oxygens (including phenoxy) is 1. The Balaban J connectivity index is 4.28. The maximum absolute atomic E-state index is 12.8. The van der Waals surface area contributed by atoms with Crippen LogP contribution in [-0.4, -0.2) is 41.6 Å². The zero-order valence-electron chi connectivity index (χ0n) is 35.4. The molecule has 0 aliphatic heterocycles. The second-order valence-electron chi connectivity index (χ2n) is 16.2. The fourth-order valence-corrected chi connectivity index (χ4v) is 7.39. The summed E-state index contributed by atoms with van der Waals surface area (Å²) < 4.78 is 6.07. The van der Waals surface area contributed by atoms with E-state index in [0.717, 1.165) is 64.2 Å². The van der Waals surface area contributed by atoms with Crippen molar-refractivity contribution in [3.05, 3.63) is 0 Å². The predicted molar refractivity (Wildman–Crippen MR) is 225 cm³/mol. The maximum atomic E-state index is 12.8. The first-order valence-corrected chi connectivity index (χ1v) is 23.4. The van der Waals surface area contributed by atoms with Gasteiger partial charge < -0.3 is 20.9 Å². The van der Waals surface area contributed by atoms with Crippen molar-refractivity contribution in [3.63, 3.8) is 0 Å². The van der Waals surface area contributed by atoms with Crippen molar-refractivity contribution in [1.29, 1.82) is 0 Å². The lowest BCUT2D eigenvalue weighted by Gasteiger charge is -2.18. The number of hydrogen-bond donors (Lipinski definition) is 3. The Kier molecular flexibility index (Phi) is 40.3. The van der Waals surface area contributed by atoms with Gasteiger partial charge in [0.15, 0.2) is 0 Å². The standard InChI is InChI=1S/C46H90N2O5/c1-3-5-7-9-11-13-15-17-19-20-22-24-27-31-36-42(37-32-28-26-29-33-39-44(49)48-43(46(51)52)38-35-41-47)53-45(50)40-34-30-25-23-21-18-16-14-12-10-8-6-4-2/h42-43H,3-41,47H2,1-2H3,(H,48,49)(H,51,52). The molecule has 0 aromatic heterocycles. The van der Waals surface area contributed by atoms with Gasteiger partial charge >= 0.3 is 11.9 Å². The average Bonchev–Trinajstić information content (AvgIpc) is 3.14. The highest BCUT2D eigenvalue weighted by Gasteiger charge is 2.19. The van der Waals surface area contributed by atoms with E-state index in [1.54, 1.807) is 0 Å². The first-order chi connectivity index (χ1) is 25.9. The first-order valence-electron chi connectivity index (χ1n) is 23.4. The SMILES string of the molecule is CCCCCCCCCCCCCCCCC(CCCCCCCC(=O)NC(CCCN)C(=O)O)OC(=O)CCCCCCCCCCCCCCC. The van der Waals surface area contributed by atoms with Gasteiger partial charge in [-0.05, 0) is 57.9 Å². The number of esters is 1.